The topological polar surface area (TPSA) is 86.8 Å². The van der Waals surface area contributed by atoms with Gasteiger partial charge in [0.1, 0.15) is 12.6 Å². The smallest absolute Gasteiger partial charge is 0.244 e. The highest BCUT2D eigenvalue weighted by Gasteiger charge is 2.29. The Kier molecular flexibility index (Phi) is 10.4. The average Bonchev–Trinajstić information content (AvgIpc) is 2.79. The molecule has 0 aromatic heterocycles. The molecular formula is C25H34ClN3O4S. The molecular weight excluding hydrogens is 474 g/mol. The maximum absolute atomic E-state index is 13.4. The van der Waals surface area contributed by atoms with Crippen LogP contribution in [0.5, 0.6) is 0 Å². The molecule has 2 rings (SSSR count). The van der Waals surface area contributed by atoms with E-state index < -0.39 is 28.5 Å². The van der Waals surface area contributed by atoms with E-state index in [1.54, 1.807) is 19.1 Å². The van der Waals surface area contributed by atoms with Crippen LogP contribution in [0.1, 0.15) is 37.8 Å². The second-order valence-corrected chi connectivity index (χ2v) is 10.7. The first kappa shape index (κ1) is 27.7. The van der Waals surface area contributed by atoms with E-state index in [2.05, 4.69) is 5.32 Å². The Morgan fingerprint density at radius 1 is 1.12 bits per heavy atom. The lowest BCUT2D eigenvalue weighted by Gasteiger charge is -2.31. The van der Waals surface area contributed by atoms with Gasteiger partial charge in [0, 0.05) is 18.1 Å². The van der Waals surface area contributed by atoms with Crippen molar-refractivity contribution in [3.8, 4) is 0 Å². The number of benzene rings is 2. The molecule has 2 aromatic carbocycles. The summed E-state index contributed by atoms with van der Waals surface area (Å²) in [5.41, 5.74) is 2.12. The van der Waals surface area contributed by atoms with E-state index in [-0.39, 0.29) is 12.5 Å². The van der Waals surface area contributed by atoms with Crippen molar-refractivity contribution in [1.29, 1.82) is 0 Å². The van der Waals surface area contributed by atoms with Gasteiger partial charge >= 0.3 is 0 Å². The Morgan fingerprint density at radius 2 is 1.79 bits per heavy atom. The van der Waals surface area contributed by atoms with Crippen molar-refractivity contribution in [2.45, 2.75) is 46.1 Å². The van der Waals surface area contributed by atoms with Gasteiger partial charge in [-0.05, 0) is 49.9 Å². The van der Waals surface area contributed by atoms with E-state index in [0.29, 0.717) is 23.7 Å². The number of hydrogen-bond donors (Lipinski definition) is 1. The molecule has 0 bridgehead atoms. The van der Waals surface area contributed by atoms with Crippen molar-refractivity contribution >= 4 is 39.1 Å². The van der Waals surface area contributed by atoms with Crippen molar-refractivity contribution in [3.63, 3.8) is 0 Å². The molecule has 1 atom stereocenters. The highest BCUT2D eigenvalue weighted by atomic mass is 35.5. The molecule has 0 heterocycles. The van der Waals surface area contributed by atoms with Crippen molar-refractivity contribution < 1.29 is 18.0 Å². The molecule has 0 unspecified atom stereocenters. The van der Waals surface area contributed by atoms with Crippen LogP contribution in [0.15, 0.2) is 48.5 Å². The van der Waals surface area contributed by atoms with Crippen molar-refractivity contribution in [2.75, 3.05) is 30.2 Å². The van der Waals surface area contributed by atoms with Crippen LogP contribution in [0, 0.1) is 6.92 Å². The largest absolute Gasteiger partial charge is 0.354 e. The normalized spacial score (nSPS) is 12.1. The first-order valence-electron chi connectivity index (χ1n) is 11.4. The zero-order chi connectivity index (χ0) is 25.3. The number of nitrogens with zero attached hydrogens (tertiary/aromatic N) is 2. The molecule has 7 nitrogen and oxygen atoms in total. The average molecular weight is 508 g/mol. The summed E-state index contributed by atoms with van der Waals surface area (Å²) in [7, 11) is -3.78. The van der Waals surface area contributed by atoms with Crippen LogP contribution in [0.25, 0.3) is 0 Å². The molecule has 0 fully saturated rings. The number of sulfonamides is 1. The number of carbonyl (C=O) groups is 2. The van der Waals surface area contributed by atoms with E-state index in [9.17, 15) is 18.0 Å². The fourth-order valence-electron chi connectivity index (χ4n) is 3.46. The van der Waals surface area contributed by atoms with Crippen LogP contribution in [0.4, 0.5) is 5.69 Å². The lowest BCUT2D eigenvalue weighted by molar-refractivity contribution is -0.138. The molecule has 186 valence electrons. The summed E-state index contributed by atoms with van der Waals surface area (Å²) in [6, 6.07) is 13.7. The minimum Gasteiger partial charge on any atom is -0.354 e. The first-order valence-corrected chi connectivity index (χ1v) is 13.6. The summed E-state index contributed by atoms with van der Waals surface area (Å²) in [6.45, 7) is 5.88. The van der Waals surface area contributed by atoms with Gasteiger partial charge in [-0.1, -0.05) is 61.3 Å². The molecule has 0 spiro atoms. The molecule has 0 aliphatic rings. The number of nitrogens with one attached hydrogen (secondary N) is 1. The van der Waals surface area contributed by atoms with Crippen LogP contribution >= 0.6 is 11.6 Å². The molecule has 2 aromatic rings. The highest BCUT2D eigenvalue weighted by molar-refractivity contribution is 7.92. The third-order valence-electron chi connectivity index (χ3n) is 5.60. The predicted octanol–water partition coefficient (Wildman–Crippen LogP) is 3.79. The van der Waals surface area contributed by atoms with Crippen molar-refractivity contribution in [3.05, 3.63) is 64.7 Å². The number of rotatable bonds is 12. The summed E-state index contributed by atoms with van der Waals surface area (Å²) < 4.78 is 26.2. The van der Waals surface area contributed by atoms with Gasteiger partial charge in [-0.25, -0.2) is 8.42 Å². The van der Waals surface area contributed by atoms with Crippen molar-refractivity contribution in [1.82, 2.24) is 10.2 Å². The summed E-state index contributed by atoms with van der Waals surface area (Å²) in [5.74, 6) is -0.727. The summed E-state index contributed by atoms with van der Waals surface area (Å²) in [6.07, 6.45) is 3.36. The fourth-order valence-corrected chi connectivity index (χ4v) is 4.47. The quantitative estimate of drug-likeness (QED) is 0.443. The second kappa shape index (κ2) is 12.8. The van der Waals surface area contributed by atoms with Crippen LogP contribution in [-0.2, 0) is 26.0 Å². The lowest BCUT2D eigenvalue weighted by Crippen LogP contribution is -2.52. The van der Waals surface area contributed by atoms with Gasteiger partial charge in [0.15, 0.2) is 0 Å². The third kappa shape index (κ3) is 8.02. The zero-order valence-corrected chi connectivity index (χ0v) is 21.8. The molecule has 0 aliphatic carbocycles. The first-order chi connectivity index (χ1) is 16.0. The van der Waals surface area contributed by atoms with Gasteiger partial charge in [0.05, 0.1) is 11.9 Å². The minimum atomic E-state index is -3.78. The van der Waals surface area contributed by atoms with Gasteiger partial charge in [-0.15, -0.1) is 0 Å². The van der Waals surface area contributed by atoms with Gasteiger partial charge in [0.25, 0.3) is 0 Å². The second-order valence-electron chi connectivity index (χ2n) is 8.35. The molecule has 2 amide bonds. The Labute approximate surface area is 208 Å². The number of hydrogen-bond acceptors (Lipinski definition) is 4. The molecule has 1 N–H and O–H groups in total. The molecule has 0 aliphatic heterocycles. The Bertz CT molecular complexity index is 1080. The standard InChI is InChI=1S/C25H34ClN3O4S/c1-5-6-15-27-25(31)20(3)28(16-14-21-10-8-7-9-11-21)24(30)18-29(34(4,32)33)22-13-12-19(2)23(26)17-22/h7-13,17,20H,5-6,14-16,18H2,1-4H3,(H,27,31)/t20-/m1/s1. The molecule has 0 radical (unpaired) electrons. The number of unbranched alkanes of at least 4 members (excludes halogenated alkanes) is 1. The van der Waals surface area contributed by atoms with Gasteiger partial charge in [0.2, 0.25) is 21.8 Å². The lowest BCUT2D eigenvalue weighted by atomic mass is 10.1. The summed E-state index contributed by atoms with van der Waals surface area (Å²) >= 11 is 6.21. The van der Waals surface area contributed by atoms with E-state index in [0.717, 1.165) is 34.5 Å². The number of anilines is 1. The van der Waals surface area contributed by atoms with E-state index >= 15 is 0 Å². The number of aryl methyl sites for hydroxylation is 1. The van der Waals surface area contributed by atoms with Crippen LogP contribution in [0.3, 0.4) is 0 Å². The van der Waals surface area contributed by atoms with Crippen LogP contribution < -0.4 is 9.62 Å². The van der Waals surface area contributed by atoms with Gasteiger partial charge in [-0.3, -0.25) is 13.9 Å². The number of carbonyl (C=O) groups excluding carboxylic acids is 2. The predicted molar refractivity (Wildman–Crippen MR) is 138 cm³/mol. The monoisotopic (exact) mass is 507 g/mol. The van der Waals surface area contributed by atoms with E-state index in [1.165, 1.54) is 11.0 Å². The van der Waals surface area contributed by atoms with Gasteiger partial charge in [-0.2, -0.15) is 0 Å². The molecule has 34 heavy (non-hydrogen) atoms. The number of amides is 2. The Hall–Kier alpha value is -2.58. The molecule has 0 saturated carbocycles. The minimum absolute atomic E-state index is 0.265. The summed E-state index contributed by atoms with van der Waals surface area (Å²) in [5, 5.41) is 3.27. The summed E-state index contributed by atoms with van der Waals surface area (Å²) in [4.78, 5) is 27.6. The fraction of sp³-hybridized carbons (Fsp3) is 0.440. The number of halogens is 1. The Balaban J connectivity index is 2.29. The third-order valence-corrected chi connectivity index (χ3v) is 7.15. The van der Waals surface area contributed by atoms with Gasteiger partial charge < -0.3 is 10.2 Å². The van der Waals surface area contributed by atoms with Crippen LogP contribution in [-0.4, -0.2) is 57.1 Å². The Morgan fingerprint density at radius 3 is 2.38 bits per heavy atom. The molecule has 9 heteroatoms. The van der Waals surface area contributed by atoms with E-state index in [4.69, 9.17) is 11.6 Å². The maximum Gasteiger partial charge on any atom is 0.244 e. The van der Waals surface area contributed by atoms with Crippen LogP contribution in [0.2, 0.25) is 5.02 Å². The SMILES string of the molecule is CCCCNC(=O)[C@@H](C)N(CCc1ccccc1)C(=O)CN(c1ccc(C)c(Cl)c1)S(C)(=O)=O. The zero-order valence-electron chi connectivity index (χ0n) is 20.3. The van der Waals surface area contributed by atoms with Crippen molar-refractivity contribution in [2.24, 2.45) is 0 Å². The highest BCUT2D eigenvalue weighted by Crippen LogP contribution is 2.25. The molecule has 0 saturated heterocycles. The maximum atomic E-state index is 13.4. The van der Waals surface area contributed by atoms with E-state index in [1.807, 2.05) is 44.2 Å².